The number of halogens is 3. The summed E-state index contributed by atoms with van der Waals surface area (Å²) in [7, 11) is 0. The minimum absolute atomic E-state index is 0.0122. The molecule has 8 nitrogen and oxygen atoms in total. The van der Waals surface area contributed by atoms with Gasteiger partial charge in [-0.15, -0.1) is 0 Å². The maximum Gasteiger partial charge on any atom is 0.224 e. The number of imidazole rings is 1. The van der Waals surface area contributed by atoms with Gasteiger partial charge in [-0.1, -0.05) is 0 Å². The molecule has 1 aromatic carbocycles. The summed E-state index contributed by atoms with van der Waals surface area (Å²) in [4.78, 5) is 12.8. The van der Waals surface area contributed by atoms with Crippen molar-refractivity contribution in [1.29, 1.82) is 0 Å². The summed E-state index contributed by atoms with van der Waals surface area (Å²) >= 11 is 0. The largest absolute Gasteiger partial charge is 0.393 e. The summed E-state index contributed by atoms with van der Waals surface area (Å²) in [5, 5.41) is 15.2. The summed E-state index contributed by atoms with van der Waals surface area (Å²) in [6, 6.07) is -1.40. The standard InChI is InChI=1S/C21H23F3N6O2/c22-11-7-15(23)18(16(24)8-11)28-21-27-17-9-25-20(26-12-1-3-14(31)4-2-12)29-19(17)30(21)13-5-6-32-10-13/h7-9,12-14,31H,1-6,10H2,(H,27,28)(H,25,26,29)/i1D,2D,3D,12D,14D. The highest BCUT2D eigenvalue weighted by Crippen LogP contribution is 2.32. The Bertz CT molecular complexity index is 1320. The first kappa shape index (κ1) is 15.8. The minimum atomic E-state index is -2.34. The Morgan fingerprint density at radius 2 is 1.97 bits per heavy atom. The first-order valence-electron chi connectivity index (χ1n) is 12.7. The number of nitrogens with one attached hydrogen (secondary N) is 2. The van der Waals surface area contributed by atoms with Crippen LogP contribution in [0.15, 0.2) is 18.3 Å². The van der Waals surface area contributed by atoms with Crippen LogP contribution >= 0.6 is 0 Å². The third-order valence-corrected chi connectivity index (χ3v) is 5.19. The van der Waals surface area contributed by atoms with Gasteiger partial charge in [0.2, 0.25) is 11.9 Å². The van der Waals surface area contributed by atoms with Crippen LogP contribution in [-0.2, 0) is 4.74 Å². The van der Waals surface area contributed by atoms with Gasteiger partial charge >= 0.3 is 0 Å². The van der Waals surface area contributed by atoms with Gasteiger partial charge in [-0.05, 0) is 32.0 Å². The fourth-order valence-electron chi connectivity index (χ4n) is 3.64. The zero-order valence-electron chi connectivity index (χ0n) is 21.6. The summed E-state index contributed by atoms with van der Waals surface area (Å²) < 4.78 is 90.0. The van der Waals surface area contributed by atoms with E-state index in [4.69, 9.17) is 11.6 Å². The van der Waals surface area contributed by atoms with Crippen molar-refractivity contribution in [3.63, 3.8) is 0 Å². The van der Waals surface area contributed by atoms with Crippen molar-refractivity contribution in [2.45, 2.75) is 50.2 Å². The smallest absolute Gasteiger partial charge is 0.224 e. The average Bonchev–Trinajstić information content (AvgIpc) is 3.46. The molecule has 1 saturated carbocycles. The van der Waals surface area contributed by atoms with Gasteiger partial charge in [0.25, 0.3) is 0 Å². The molecular weight excluding hydrogens is 425 g/mol. The van der Waals surface area contributed by atoms with Crippen LogP contribution in [0.3, 0.4) is 0 Å². The molecule has 2 aliphatic rings. The van der Waals surface area contributed by atoms with Gasteiger partial charge in [0.1, 0.15) is 17.0 Å². The molecule has 11 heteroatoms. The topological polar surface area (TPSA) is 97.1 Å². The second kappa shape index (κ2) is 8.55. The van der Waals surface area contributed by atoms with E-state index < -0.39 is 60.8 Å². The lowest BCUT2D eigenvalue weighted by molar-refractivity contribution is 0.126. The summed E-state index contributed by atoms with van der Waals surface area (Å²) in [6.45, 7) is 0.660. The van der Waals surface area contributed by atoms with Gasteiger partial charge in [0.15, 0.2) is 17.3 Å². The highest BCUT2D eigenvalue weighted by molar-refractivity contribution is 5.76. The second-order valence-electron chi connectivity index (χ2n) is 7.41. The number of hydrogen-bond donors (Lipinski definition) is 3. The van der Waals surface area contributed by atoms with E-state index in [1.807, 2.05) is 0 Å². The highest BCUT2D eigenvalue weighted by atomic mass is 19.1. The maximum absolute atomic E-state index is 14.3. The number of ether oxygens (including phenoxy) is 1. The molecule has 3 aromatic rings. The van der Waals surface area contributed by atoms with Crippen molar-refractivity contribution < 1.29 is 29.9 Å². The molecule has 0 amide bonds. The van der Waals surface area contributed by atoms with E-state index in [9.17, 15) is 18.3 Å². The molecule has 6 atom stereocenters. The Kier molecular flexibility index (Phi) is 4.22. The monoisotopic (exact) mass is 453 g/mol. The number of aliphatic hydroxyl groups is 1. The Balaban J connectivity index is 1.55. The lowest BCUT2D eigenvalue weighted by Crippen LogP contribution is -2.29. The molecule has 6 unspecified atom stereocenters. The van der Waals surface area contributed by atoms with Crippen LogP contribution in [0.4, 0.5) is 30.8 Å². The molecule has 3 heterocycles. The summed E-state index contributed by atoms with van der Waals surface area (Å²) in [6.07, 6.45) is -5.88. The van der Waals surface area contributed by atoms with E-state index in [2.05, 4.69) is 25.6 Å². The van der Waals surface area contributed by atoms with Gasteiger partial charge in [-0.25, -0.2) is 23.1 Å². The molecule has 3 N–H and O–H groups in total. The average molecular weight is 453 g/mol. The highest BCUT2D eigenvalue weighted by Gasteiger charge is 2.27. The van der Waals surface area contributed by atoms with Crippen LogP contribution in [-0.4, -0.2) is 49.9 Å². The van der Waals surface area contributed by atoms with Gasteiger partial charge in [0.05, 0.1) is 27.7 Å². The fourth-order valence-corrected chi connectivity index (χ4v) is 3.64. The molecule has 5 rings (SSSR count). The molecule has 0 radical (unpaired) electrons. The zero-order valence-corrected chi connectivity index (χ0v) is 16.6. The Morgan fingerprint density at radius 1 is 1.16 bits per heavy atom. The SMILES string of the molecule is [2H]C1C([2H])C([2H])(Nc2ncc3nc(Nc4c(F)cc(F)cc4F)n(C4CCOC4)c3n2)C([2H])CC1([2H])O. The van der Waals surface area contributed by atoms with Crippen LogP contribution in [0.2, 0.25) is 0 Å². The third kappa shape index (κ3) is 4.09. The molecule has 1 aliphatic heterocycles. The quantitative estimate of drug-likeness (QED) is 0.542. The van der Waals surface area contributed by atoms with E-state index >= 15 is 0 Å². The number of nitrogens with zero attached hydrogens (tertiary/aromatic N) is 4. The molecule has 170 valence electrons. The number of anilines is 3. The summed E-state index contributed by atoms with van der Waals surface area (Å²) in [5.41, 5.74) is -0.205. The van der Waals surface area contributed by atoms with E-state index in [0.717, 1.165) is 0 Å². The van der Waals surface area contributed by atoms with Crippen LogP contribution in [0, 0.1) is 17.5 Å². The van der Waals surface area contributed by atoms with Crippen molar-refractivity contribution in [1.82, 2.24) is 19.5 Å². The molecule has 1 saturated heterocycles. The van der Waals surface area contributed by atoms with Crippen molar-refractivity contribution in [2.24, 2.45) is 0 Å². The summed E-state index contributed by atoms with van der Waals surface area (Å²) in [5.74, 6) is -3.59. The second-order valence-corrected chi connectivity index (χ2v) is 7.41. The molecule has 0 spiro atoms. The van der Waals surface area contributed by atoms with Crippen LogP contribution in [0.5, 0.6) is 0 Å². The number of hydrogen-bond acceptors (Lipinski definition) is 7. The van der Waals surface area contributed by atoms with Crippen molar-refractivity contribution in [3.05, 3.63) is 35.8 Å². The molecule has 0 bridgehead atoms. The van der Waals surface area contributed by atoms with Gasteiger partial charge in [0, 0.05) is 28.9 Å². The number of rotatable bonds is 5. The molecular formula is C21H23F3N6O2. The van der Waals surface area contributed by atoms with E-state index in [-0.39, 0.29) is 35.7 Å². The Hall–Kier alpha value is -2.92. The first-order valence-corrected chi connectivity index (χ1v) is 9.92. The van der Waals surface area contributed by atoms with E-state index in [0.29, 0.717) is 25.2 Å². The minimum Gasteiger partial charge on any atom is -0.393 e. The predicted molar refractivity (Wildman–Crippen MR) is 111 cm³/mol. The molecule has 2 aromatic heterocycles. The van der Waals surface area contributed by atoms with Crippen molar-refractivity contribution >= 4 is 28.7 Å². The number of benzene rings is 1. The Morgan fingerprint density at radius 3 is 2.72 bits per heavy atom. The first-order chi connectivity index (χ1) is 17.4. The van der Waals surface area contributed by atoms with Gasteiger partial charge in [-0.2, -0.15) is 4.98 Å². The Labute approximate surface area is 188 Å². The van der Waals surface area contributed by atoms with Crippen LogP contribution in [0.1, 0.15) is 44.9 Å². The molecule has 2 fully saturated rings. The lowest BCUT2D eigenvalue weighted by Gasteiger charge is -2.26. The number of aromatic nitrogens is 4. The third-order valence-electron chi connectivity index (χ3n) is 5.19. The van der Waals surface area contributed by atoms with Crippen LogP contribution in [0.25, 0.3) is 11.2 Å². The fraction of sp³-hybridized carbons (Fsp3) is 0.476. The molecule has 1 aliphatic carbocycles. The van der Waals surface area contributed by atoms with Crippen molar-refractivity contribution in [2.75, 3.05) is 23.8 Å². The maximum atomic E-state index is 14.3. The lowest BCUT2D eigenvalue weighted by atomic mass is 9.93. The van der Waals surface area contributed by atoms with E-state index in [1.54, 1.807) is 4.57 Å². The number of fused-ring (bicyclic) bond motifs is 1. The van der Waals surface area contributed by atoms with Gasteiger partial charge < -0.3 is 20.5 Å². The molecule has 32 heavy (non-hydrogen) atoms. The van der Waals surface area contributed by atoms with Crippen LogP contribution < -0.4 is 10.6 Å². The van der Waals surface area contributed by atoms with Gasteiger partial charge in [-0.3, -0.25) is 4.57 Å². The van der Waals surface area contributed by atoms with Crippen molar-refractivity contribution in [3.8, 4) is 0 Å². The predicted octanol–water partition coefficient (Wildman–Crippen LogP) is 3.66. The van der Waals surface area contributed by atoms with E-state index in [1.165, 1.54) is 6.20 Å². The normalized spacial score (nSPS) is 37.3. The zero-order chi connectivity index (χ0) is 26.7.